The van der Waals surface area contributed by atoms with Crippen molar-refractivity contribution in [2.45, 2.75) is 38.6 Å². The largest absolute Gasteiger partial charge is 0.335 e. The van der Waals surface area contributed by atoms with Gasteiger partial charge < -0.3 is 14.4 Å². The number of Topliss-reactive ketones (excluding diaryl/α,β-unsaturated/α-hetero) is 1. The molecule has 0 spiro atoms. The molecule has 1 heterocycles. The van der Waals surface area contributed by atoms with Crippen molar-refractivity contribution >= 4 is 36.7 Å². The highest BCUT2D eigenvalue weighted by Gasteiger charge is 2.28. The smallest absolute Gasteiger partial charge is 0.325 e. The van der Waals surface area contributed by atoms with Crippen LogP contribution in [0.25, 0.3) is 0 Å². The van der Waals surface area contributed by atoms with Gasteiger partial charge in [0.15, 0.2) is 5.78 Å². The summed E-state index contributed by atoms with van der Waals surface area (Å²) < 4.78 is 23.4. The molecule has 1 N–H and O–H groups in total. The van der Waals surface area contributed by atoms with Crippen molar-refractivity contribution in [3.05, 3.63) is 64.7 Å². The predicted octanol–water partition coefficient (Wildman–Crippen LogP) is 5.24. The molecule has 2 aromatic carbocycles. The highest BCUT2D eigenvalue weighted by Crippen LogP contribution is 2.51. The number of nitrogens with one attached hydrogen (secondary N) is 1. The highest BCUT2D eigenvalue weighted by molar-refractivity contribution is 8.01. The molecule has 0 radical (unpaired) electrons. The zero-order valence-corrected chi connectivity index (χ0v) is 19.8. The second kappa shape index (κ2) is 10.6. The molecular weight excluding hydrogens is 433 g/mol. The monoisotopic (exact) mass is 461 g/mol. The van der Waals surface area contributed by atoms with Gasteiger partial charge in [-0.25, -0.2) is 0 Å². The zero-order chi connectivity index (χ0) is 22.4. The molecule has 166 valence electrons. The average molecular weight is 462 g/mol. The van der Waals surface area contributed by atoms with Gasteiger partial charge in [-0.1, -0.05) is 29.8 Å². The van der Waals surface area contributed by atoms with E-state index >= 15 is 0 Å². The minimum absolute atomic E-state index is 0.0661. The van der Waals surface area contributed by atoms with Crippen molar-refractivity contribution in [1.29, 1.82) is 0 Å². The molecule has 8 heteroatoms. The molecule has 0 unspecified atom stereocenters. The van der Waals surface area contributed by atoms with Crippen LogP contribution in [-0.2, 0) is 31.0 Å². The fraction of sp³-hybridized carbons (Fsp3) is 0.391. The quantitative estimate of drug-likeness (QED) is 0.542. The van der Waals surface area contributed by atoms with Crippen LogP contribution in [0.15, 0.2) is 42.5 Å². The third-order valence-electron chi connectivity index (χ3n) is 4.93. The van der Waals surface area contributed by atoms with Crippen molar-refractivity contribution in [1.82, 2.24) is 0 Å². The molecule has 0 saturated carbocycles. The SMILES string of the molecule is CCOP(=O)(Cc1ccc(NC(=O)[C@H]2Cc3ccc(C)cc3C(=O)CS2)cc1)OCC. The summed E-state index contributed by atoms with van der Waals surface area (Å²) in [5.74, 6) is 0.224. The summed E-state index contributed by atoms with van der Waals surface area (Å²) in [5.41, 5.74) is 4.14. The van der Waals surface area contributed by atoms with E-state index in [2.05, 4.69) is 5.32 Å². The van der Waals surface area contributed by atoms with E-state index in [9.17, 15) is 14.2 Å². The predicted molar refractivity (Wildman–Crippen MR) is 125 cm³/mol. The molecular formula is C23H28NO5PS. The van der Waals surface area contributed by atoms with Gasteiger partial charge >= 0.3 is 7.60 Å². The Morgan fingerprint density at radius 3 is 2.45 bits per heavy atom. The number of carbonyl (C=O) groups excluding carboxylic acids is 2. The number of anilines is 1. The maximum Gasteiger partial charge on any atom is 0.335 e. The van der Waals surface area contributed by atoms with Crippen LogP contribution < -0.4 is 5.32 Å². The van der Waals surface area contributed by atoms with Crippen LogP contribution in [0, 0.1) is 6.92 Å². The van der Waals surface area contributed by atoms with Crippen LogP contribution in [0.3, 0.4) is 0 Å². The number of amides is 1. The van der Waals surface area contributed by atoms with E-state index in [0.717, 1.165) is 22.3 Å². The Labute approximate surface area is 187 Å². The molecule has 1 aliphatic heterocycles. The Hall–Kier alpha value is -1.92. The van der Waals surface area contributed by atoms with Crippen LogP contribution in [-0.4, -0.2) is 35.9 Å². The van der Waals surface area contributed by atoms with Gasteiger partial charge in [0, 0.05) is 11.3 Å². The molecule has 2 aromatic rings. The number of ketones is 1. The van der Waals surface area contributed by atoms with Crippen LogP contribution in [0.2, 0.25) is 0 Å². The van der Waals surface area contributed by atoms with Gasteiger partial charge in [0.2, 0.25) is 5.91 Å². The van der Waals surface area contributed by atoms with Gasteiger partial charge in [0.05, 0.1) is 30.4 Å². The molecule has 3 rings (SSSR count). The lowest BCUT2D eigenvalue weighted by Crippen LogP contribution is -2.27. The number of fused-ring (bicyclic) bond motifs is 1. The molecule has 0 saturated heterocycles. The van der Waals surface area contributed by atoms with Crippen molar-refractivity contribution in [2.24, 2.45) is 0 Å². The summed E-state index contributed by atoms with van der Waals surface area (Å²) in [6.45, 7) is 6.15. The van der Waals surface area contributed by atoms with Crippen molar-refractivity contribution < 1.29 is 23.2 Å². The number of benzene rings is 2. The number of thioether (sulfide) groups is 1. The van der Waals surface area contributed by atoms with E-state index in [1.165, 1.54) is 11.8 Å². The van der Waals surface area contributed by atoms with Crippen LogP contribution in [0.1, 0.15) is 40.9 Å². The maximum atomic E-state index is 12.9. The fourth-order valence-corrected chi connectivity index (χ4v) is 6.19. The summed E-state index contributed by atoms with van der Waals surface area (Å²) in [6.07, 6.45) is 0.696. The number of hydrogen-bond acceptors (Lipinski definition) is 6. The molecule has 0 aliphatic carbocycles. The Morgan fingerprint density at radius 2 is 1.81 bits per heavy atom. The van der Waals surface area contributed by atoms with Crippen LogP contribution >= 0.6 is 19.4 Å². The van der Waals surface area contributed by atoms with Gasteiger partial charge in [0.25, 0.3) is 0 Å². The second-order valence-electron chi connectivity index (χ2n) is 7.38. The first-order chi connectivity index (χ1) is 14.8. The molecule has 1 aliphatic rings. The minimum atomic E-state index is -3.17. The summed E-state index contributed by atoms with van der Waals surface area (Å²) >= 11 is 1.37. The Bertz CT molecular complexity index is 982. The van der Waals surface area contributed by atoms with Crippen LogP contribution in [0.4, 0.5) is 5.69 Å². The molecule has 1 atom stereocenters. The van der Waals surface area contributed by atoms with Gasteiger partial charge in [-0.3, -0.25) is 14.2 Å². The highest BCUT2D eigenvalue weighted by atomic mass is 32.2. The van der Waals surface area contributed by atoms with E-state index in [-0.39, 0.29) is 28.9 Å². The van der Waals surface area contributed by atoms with Crippen molar-refractivity contribution in [3.8, 4) is 0 Å². The topological polar surface area (TPSA) is 81.7 Å². The van der Waals surface area contributed by atoms with E-state index in [0.29, 0.717) is 25.3 Å². The van der Waals surface area contributed by atoms with Gasteiger partial charge in [-0.05, 0) is 56.5 Å². The van der Waals surface area contributed by atoms with Crippen LogP contribution in [0.5, 0.6) is 0 Å². The third-order valence-corrected chi connectivity index (χ3v) is 8.20. The molecule has 6 nitrogen and oxygen atoms in total. The van der Waals surface area contributed by atoms with Gasteiger partial charge in [-0.15, -0.1) is 11.8 Å². The lowest BCUT2D eigenvalue weighted by molar-refractivity contribution is -0.115. The molecule has 0 fully saturated rings. The van der Waals surface area contributed by atoms with E-state index in [1.807, 2.05) is 37.3 Å². The second-order valence-corrected chi connectivity index (χ2v) is 10.6. The Balaban J connectivity index is 1.66. The lowest BCUT2D eigenvalue weighted by atomic mass is 9.98. The number of hydrogen-bond donors (Lipinski definition) is 1. The first kappa shape index (κ1) is 23.7. The average Bonchev–Trinajstić information content (AvgIpc) is 2.89. The standard InChI is InChI=1S/C23H28NO5PS/c1-4-28-30(27,29-5-2)14-17-7-10-19(11-8-17)24-23(26)22-13-18-9-6-16(3)12-20(18)21(25)15-31-22/h6-12,22H,4-5,13-15H2,1-3H3,(H,24,26)/t22-/m1/s1. The third kappa shape index (κ3) is 6.30. The molecule has 0 aromatic heterocycles. The number of rotatable bonds is 8. The van der Waals surface area contributed by atoms with E-state index in [4.69, 9.17) is 9.05 Å². The van der Waals surface area contributed by atoms with Gasteiger partial charge in [-0.2, -0.15) is 0 Å². The van der Waals surface area contributed by atoms with Crippen molar-refractivity contribution in [2.75, 3.05) is 24.3 Å². The van der Waals surface area contributed by atoms with E-state index in [1.54, 1.807) is 26.0 Å². The summed E-state index contributed by atoms with van der Waals surface area (Å²) in [6, 6.07) is 13.0. The van der Waals surface area contributed by atoms with Gasteiger partial charge in [0.1, 0.15) is 0 Å². The Morgan fingerprint density at radius 1 is 1.13 bits per heavy atom. The summed E-state index contributed by atoms with van der Waals surface area (Å²) in [4.78, 5) is 25.3. The summed E-state index contributed by atoms with van der Waals surface area (Å²) in [7, 11) is -3.17. The lowest BCUT2D eigenvalue weighted by Gasteiger charge is -2.17. The normalized spacial score (nSPS) is 16.5. The molecule has 31 heavy (non-hydrogen) atoms. The zero-order valence-electron chi connectivity index (χ0n) is 18.1. The molecule has 1 amide bonds. The number of carbonyl (C=O) groups is 2. The van der Waals surface area contributed by atoms with E-state index < -0.39 is 7.60 Å². The fourth-order valence-electron chi connectivity index (χ4n) is 3.47. The maximum absolute atomic E-state index is 12.9. The Kier molecular flexibility index (Phi) is 8.11. The summed E-state index contributed by atoms with van der Waals surface area (Å²) in [5, 5.41) is 2.59. The van der Waals surface area contributed by atoms with Crippen molar-refractivity contribution in [3.63, 3.8) is 0 Å². The number of aryl methyl sites for hydroxylation is 1. The minimum Gasteiger partial charge on any atom is -0.325 e. The molecule has 0 bridgehead atoms. The first-order valence-corrected chi connectivity index (χ1v) is 13.1. The first-order valence-electron chi connectivity index (χ1n) is 10.4.